The summed E-state index contributed by atoms with van der Waals surface area (Å²) >= 11 is 1.54. The van der Waals surface area contributed by atoms with Crippen molar-refractivity contribution < 1.29 is 9.53 Å². The molecular formula is C13H21N3O2S. The number of hydrogen-bond donors (Lipinski definition) is 1. The number of rotatable bonds is 7. The van der Waals surface area contributed by atoms with Gasteiger partial charge in [-0.05, 0) is 38.9 Å². The molecule has 0 atom stereocenters. The number of aromatic nitrogens is 1. The van der Waals surface area contributed by atoms with Crippen LogP contribution in [0.3, 0.4) is 0 Å². The van der Waals surface area contributed by atoms with E-state index in [1.54, 1.807) is 11.3 Å². The van der Waals surface area contributed by atoms with Gasteiger partial charge in [0.05, 0.1) is 19.2 Å². The zero-order valence-corrected chi connectivity index (χ0v) is 12.2. The number of anilines is 1. The van der Waals surface area contributed by atoms with Gasteiger partial charge in [0.2, 0.25) is 0 Å². The summed E-state index contributed by atoms with van der Waals surface area (Å²) in [6.07, 6.45) is 4.07. The van der Waals surface area contributed by atoms with Gasteiger partial charge in [0.25, 0.3) is 0 Å². The van der Waals surface area contributed by atoms with Gasteiger partial charge in [0.1, 0.15) is 0 Å². The van der Waals surface area contributed by atoms with Crippen LogP contribution in [0.5, 0.6) is 0 Å². The number of esters is 1. The fourth-order valence-corrected chi connectivity index (χ4v) is 2.93. The highest BCUT2D eigenvalue weighted by molar-refractivity contribution is 7.13. The molecule has 0 unspecified atom stereocenters. The number of likely N-dealkylation sites (tertiary alicyclic amines) is 1. The first kappa shape index (κ1) is 14.3. The lowest BCUT2D eigenvalue weighted by molar-refractivity contribution is -0.139. The van der Waals surface area contributed by atoms with Crippen LogP contribution in [0.25, 0.3) is 0 Å². The van der Waals surface area contributed by atoms with E-state index < -0.39 is 0 Å². The van der Waals surface area contributed by atoms with Gasteiger partial charge in [-0.15, -0.1) is 11.3 Å². The van der Waals surface area contributed by atoms with E-state index in [1.807, 2.05) is 5.38 Å². The van der Waals surface area contributed by atoms with Gasteiger partial charge in [-0.1, -0.05) is 0 Å². The number of carbonyl (C=O) groups is 1. The monoisotopic (exact) mass is 283 g/mol. The number of nitrogens with one attached hydrogen (secondary N) is 1. The summed E-state index contributed by atoms with van der Waals surface area (Å²) in [5.74, 6) is -0.245. The average molecular weight is 283 g/mol. The molecule has 19 heavy (non-hydrogen) atoms. The molecule has 0 amide bonds. The zero-order chi connectivity index (χ0) is 13.5. The number of carbonyl (C=O) groups excluding carboxylic acids is 1. The molecular weight excluding hydrogens is 262 g/mol. The van der Waals surface area contributed by atoms with E-state index in [0.717, 1.165) is 30.3 Å². The fourth-order valence-electron chi connectivity index (χ4n) is 2.19. The number of ether oxygens (including phenoxy) is 1. The predicted molar refractivity (Wildman–Crippen MR) is 76.6 cm³/mol. The van der Waals surface area contributed by atoms with Crippen LogP contribution in [0.15, 0.2) is 5.38 Å². The molecule has 1 saturated heterocycles. The van der Waals surface area contributed by atoms with E-state index in [1.165, 1.54) is 33.0 Å². The van der Waals surface area contributed by atoms with Gasteiger partial charge in [-0.25, -0.2) is 4.98 Å². The van der Waals surface area contributed by atoms with E-state index >= 15 is 0 Å². The van der Waals surface area contributed by atoms with E-state index in [-0.39, 0.29) is 12.4 Å². The normalized spacial score (nSPS) is 15.6. The van der Waals surface area contributed by atoms with Crippen molar-refractivity contribution in [2.24, 2.45) is 0 Å². The Labute approximate surface area is 118 Å². The Hall–Kier alpha value is -1.14. The molecule has 0 saturated carbocycles. The van der Waals surface area contributed by atoms with Crippen LogP contribution in [0.1, 0.15) is 25.0 Å². The first-order chi connectivity index (χ1) is 9.28. The van der Waals surface area contributed by atoms with E-state index in [0.29, 0.717) is 0 Å². The summed E-state index contributed by atoms with van der Waals surface area (Å²) in [7, 11) is 1.40. The summed E-state index contributed by atoms with van der Waals surface area (Å²) in [4.78, 5) is 18.0. The number of nitrogens with zero attached hydrogens (tertiary/aromatic N) is 2. The number of thiazole rings is 1. The first-order valence-electron chi connectivity index (χ1n) is 6.75. The van der Waals surface area contributed by atoms with Crippen molar-refractivity contribution in [3.8, 4) is 0 Å². The van der Waals surface area contributed by atoms with Crippen LogP contribution in [0.2, 0.25) is 0 Å². The summed E-state index contributed by atoms with van der Waals surface area (Å²) in [6, 6.07) is 0. The third kappa shape index (κ3) is 4.80. The van der Waals surface area contributed by atoms with Crippen LogP contribution in [0, 0.1) is 0 Å². The molecule has 1 aliphatic rings. The van der Waals surface area contributed by atoms with Crippen molar-refractivity contribution in [1.82, 2.24) is 9.88 Å². The molecule has 1 aromatic rings. The Balaban J connectivity index is 1.64. The van der Waals surface area contributed by atoms with Crippen LogP contribution >= 0.6 is 11.3 Å². The van der Waals surface area contributed by atoms with Crippen LogP contribution in [-0.2, 0) is 16.0 Å². The molecule has 6 heteroatoms. The fraction of sp³-hybridized carbons (Fsp3) is 0.692. The van der Waals surface area contributed by atoms with Gasteiger partial charge in [-0.2, -0.15) is 0 Å². The number of methoxy groups -OCH3 is 1. The largest absolute Gasteiger partial charge is 0.469 e. The highest BCUT2D eigenvalue weighted by Crippen LogP contribution is 2.16. The molecule has 0 spiro atoms. The highest BCUT2D eigenvalue weighted by Gasteiger charge is 2.10. The second kappa shape index (κ2) is 7.45. The third-order valence-corrected chi connectivity index (χ3v) is 4.08. The Morgan fingerprint density at radius 1 is 1.53 bits per heavy atom. The maximum absolute atomic E-state index is 11.1. The summed E-state index contributed by atoms with van der Waals surface area (Å²) in [6.45, 7) is 4.59. The molecule has 1 aromatic heterocycles. The van der Waals surface area contributed by atoms with E-state index in [2.05, 4.69) is 19.9 Å². The van der Waals surface area contributed by atoms with Crippen LogP contribution < -0.4 is 5.32 Å². The van der Waals surface area contributed by atoms with E-state index in [4.69, 9.17) is 0 Å². The van der Waals surface area contributed by atoms with Crippen LogP contribution in [-0.4, -0.2) is 49.1 Å². The smallest absolute Gasteiger partial charge is 0.311 e. The lowest BCUT2D eigenvalue weighted by atomic mass is 10.3. The average Bonchev–Trinajstić information content (AvgIpc) is 3.06. The molecule has 0 aliphatic carbocycles. The molecule has 2 heterocycles. The van der Waals surface area contributed by atoms with Gasteiger partial charge >= 0.3 is 5.97 Å². The Morgan fingerprint density at radius 3 is 3.05 bits per heavy atom. The van der Waals surface area contributed by atoms with Crippen molar-refractivity contribution in [3.05, 3.63) is 11.1 Å². The summed E-state index contributed by atoms with van der Waals surface area (Å²) < 4.78 is 4.62. The molecule has 0 bridgehead atoms. The molecule has 0 radical (unpaired) electrons. The highest BCUT2D eigenvalue weighted by atomic mass is 32.1. The summed E-state index contributed by atoms with van der Waals surface area (Å²) in [5.41, 5.74) is 0.777. The van der Waals surface area contributed by atoms with Crippen LogP contribution in [0.4, 0.5) is 5.13 Å². The molecule has 1 fully saturated rings. The minimum atomic E-state index is -0.245. The second-order valence-corrected chi connectivity index (χ2v) is 5.58. The Bertz CT molecular complexity index is 402. The third-order valence-electron chi connectivity index (χ3n) is 3.23. The van der Waals surface area contributed by atoms with Crippen molar-refractivity contribution in [1.29, 1.82) is 0 Å². The quantitative estimate of drug-likeness (QED) is 0.610. The van der Waals surface area contributed by atoms with E-state index in [9.17, 15) is 4.79 Å². The zero-order valence-electron chi connectivity index (χ0n) is 11.4. The maximum Gasteiger partial charge on any atom is 0.311 e. The molecule has 1 aliphatic heterocycles. The second-order valence-electron chi connectivity index (χ2n) is 4.73. The van der Waals surface area contributed by atoms with Gasteiger partial charge in [0, 0.05) is 11.9 Å². The van der Waals surface area contributed by atoms with Gasteiger partial charge < -0.3 is 15.0 Å². The lowest BCUT2D eigenvalue weighted by Crippen LogP contribution is -2.22. The predicted octanol–water partition coefficient (Wildman–Crippen LogP) is 1.76. The molecule has 0 aromatic carbocycles. The van der Waals surface area contributed by atoms with Crippen molar-refractivity contribution in [2.45, 2.75) is 25.7 Å². The maximum atomic E-state index is 11.1. The first-order valence-corrected chi connectivity index (χ1v) is 7.63. The minimum Gasteiger partial charge on any atom is -0.469 e. The minimum absolute atomic E-state index is 0.245. The lowest BCUT2D eigenvalue weighted by Gasteiger charge is -2.13. The molecule has 2 rings (SSSR count). The Kier molecular flexibility index (Phi) is 5.60. The Morgan fingerprint density at radius 2 is 2.32 bits per heavy atom. The standard InChI is InChI=1S/C13H21N3O2S/c1-18-12(17)9-11-10-19-13(15-11)14-5-4-8-16-6-2-3-7-16/h10H,2-9H2,1H3,(H,14,15). The number of hydrogen-bond acceptors (Lipinski definition) is 6. The topological polar surface area (TPSA) is 54.5 Å². The molecule has 1 N–H and O–H groups in total. The van der Waals surface area contributed by atoms with Crippen molar-refractivity contribution in [3.63, 3.8) is 0 Å². The summed E-state index contributed by atoms with van der Waals surface area (Å²) in [5, 5.41) is 6.10. The molecule has 106 valence electrons. The van der Waals surface area contributed by atoms with Gasteiger partial charge in [0.15, 0.2) is 5.13 Å². The molecule has 5 nitrogen and oxygen atoms in total. The van der Waals surface area contributed by atoms with Crippen molar-refractivity contribution in [2.75, 3.05) is 38.6 Å². The van der Waals surface area contributed by atoms with Crippen molar-refractivity contribution >= 4 is 22.4 Å². The van der Waals surface area contributed by atoms with Gasteiger partial charge in [-0.3, -0.25) is 4.79 Å². The SMILES string of the molecule is COC(=O)Cc1csc(NCCCN2CCCC2)n1.